The molecule has 0 aromatic heterocycles. The molecule has 2 unspecified atom stereocenters. The zero-order valence-electron chi connectivity index (χ0n) is 16.6. The number of amides is 2. The minimum Gasteiger partial charge on any atom is -0.368 e. The van der Waals surface area contributed by atoms with Gasteiger partial charge in [0.25, 0.3) is 7.52 Å². The number of hydrogen-bond acceptors (Lipinski definition) is 4. The lowest BCUT2D eigenvalue weighted by Gasteiger charge is -2.30. The minimum absolute atomic E-state index is 0.0226. The van der Waals surface area contributed by atoms with E-state index in [0.29, 0.717) is 11.1 Å². The van der Waals surface area contributed by atoms with Gasteiger partial charge in [-0.25, -0.2) is 5.09 Å². The Morgan fingerprint density at radius 2 is 1.48 bits per heavy atom. The van der Waals surface area contributed by atoms with Crippen molar-refractivity contribution in [3.05, 3.63) is 71.8 Å². The van der Waals surface area contributed by atoms with Crippen LogP contribution in [0.15, 0.2) is 60.7 Å². The number of carbonyl (C=O) groups is 2. The van der Waals surface area contributed by atoms with E-state index in [4.69, 9.17) is 10.3 Å². The van der Waals surface area contributed by atoms with Crippen molar-refractivity contribution in [2.24, 2.45) is 5.73 Å². The number of benzene rings is 2. The number of halogens is 3. The molecule has 0 heterocycles. The van der Waals surface area contributed by atoms with Gasteiger partial charge in [0.1, 0.15) is 5.78 Å². The summed E-state index contributed by atoms with van der Waals surface area (Å²) in [7, 11) is -3.21. The molecule has 11 heteroatoms. The van der Waals surface area contributed by atoms with Gasteiger partial charge in [-0.15, -0.1) is 0 Å². The summed E-state index contributed by atoms with van der Waals surface area (Å²) in [4.78, 5) is 23.6. The molecule has 31 heavy (non-hydrogen) atoms. The summed E-state index contributed by atoms with van der Waals surface area (Å²) in [5.41, 5.74) is 6.61. The van der Waals surface area contributed by atoms with Crippen LogP contribution in [0.1, 0.15) is 11.1 Å². The summed E-state index contributed by atoms with van der Waals surface area (Å²) < 4.78 is 57.2. The normalized spacial score (nSPS) is 15.5. The molecule has 0 saturated heterocycles. The lowest BCUT2D eigenvalue weighted by atomic mass is 10.1. The van der Waals surface area contributed by atoms with E-state index in [1.54, 1.807) is 66.0 Å². The molecule has 0 fully saturated rings. The number of hydrogen-bond donors (Lipinski definition) is 3. The van der Waals surface area contributed by atoms with Crippen LogP contribution in [-0.4, -0.2) is 36.9 Å². The maximum Gasteiger partial charge on any atom is 0.471 e. The van der Waals surface area contributed by atoms with E-state index in [0.717, 1.165) is 7.11 Å². The van der Waals surface area contributed by atoms with E-state index in [-0.39, 0.29) is 12.8 Å². The number of alkyl halides is 3. The molecule has 0 bridgehead atoms. The summed E-state index contributed by atoms with van der Waals surface area (Å²) in [6.45, 7) is 0. The lowest BCUT2D eigenvalue weighted by molar-refractivity contribution is -0.173. The Balaban J connectivity index is 2.34. The maximum absolute atomic E-state index is 13.5. The first-order valence-electron chi connectivity index (χ1n) is 9.23. The Morgan fingerprint density at radius 1 is 1.00 bits per heavy atom. The molecule has 4 N–H and O–H groups in total. The van der Waals surface area contributed by atoms with Crippen molar-refractivity contribution in [3.63, 3.8) is 0 Å². The highest BCUT2D eigenvalue weighted by Crippen LogP contribution is 2.48. The van der Waals surface area contributed by atoms with E-state index in [9.17, 15) is 27.3 Å². The zero-order chi connectivity index (χ0) is 23.1. The Morgan fingerprint density at radius 3 is 1.90 bits per heavy atom. The topological polar surface area (TPSA) is 111 Å². The zero-order valence-corrected chi connectivity index (χ0v) is 17.5. The first kappa shape index (κ1) is 24.6. The largest absolute Gasteiger partial charge is 0.471 e. The predicted molar refractivity (Wildman–Crippen MR) is 109 cm³/mol. The molecule has 0 radical (unpaired) electrons. The molecule has 0 aliphatic carbocycles. The Bertz CT molecular complexity index is 926. The fraction of sp³-hybridized carbons (Fsp3) is 0.300. The Labute approximate surface area is 177 Å². The summed E-state index contributed by atoms with van der Waals surface area (Å²) in [6.07, 6.45) is -5.41. The average Bonchev–Trinajstić information content (AvgIpc) is 2.73. The van der Waals surface area contributed by atoms with Crippen LogP contribution in [0, 0.1) is 0 Å². The van der Waals surface area contributed by atoms with Crippen LogP contribution < -0.4 is 16.1 Å². The van der Waals surface area contributed by atoms with Crippen LogP contribution in [0.4, 0.5) is 13.2 Å². The van der Waals surface area contributed by atoms with Gasteiger partial charge in [0.05, 0.1) is 6.04 Å². The molecule has 0 saturated carbocycles. The van der Waals surface area contributed by atoms with Crippen LogP contribution >= 0.6 is 7.52 Å². The van der Waals surface area contributed by atoms with Gasteiger partial charge < -0.3 is 15.6 Å². The van der Waals surface area contributed by atoms with E-state index >= 15 is 0 Å². The summed E-state index contributed by atoms with van der Waals surface area (Å²) in [5, 5.41) is 4.22. The smallest absolute Gasteiger partial charge is 0.368 e. The number of rotatable bonds is 10. The van der Waals surface area contributed by atoms with Crippen LogP contribution in [0.3, 0.4) is 0 Å². The molecule has 0 aliphatic heterocycles. The van der Waals surface area contributed by atoms with Crippen molar-refractivity contribution < 1.29 is 31.8 Å². The highest BCUT2D eigenvalue weighted by atomic mass is 31.2. The fourth-order valence-corrected chi connectivity index (χ4v) is 4.80. The SMILES string of the molecule is COP(=O)(N[C@@H](Cc1ccccc1)C(N)=O)C(Cc1ccccc1)NC(=O)C(F)(F)F. The highest BCUT2D eigenvalue weighted by molar-refractivity contribution is 7.57. The van der Waals surface area contributed by atoms with Crippen molar-refractivity contribution >= 4 is 19.3 Å². The van der Waals surface area contributed by atoms with Crippen molar-refractivity contribution in [3.8, 4) is 0 Å². The Hall–Kier alpha value is -2.68. The summed E-state index contributed by atoms with van der Waals surface area (Å²) in [6, 6.07) is 15.6. The van der Waals surface area contributed by atoms with E-state index < -0.39 is 37.3 Å². The van der Waals surface area contributed by atoms with E-state index in [1.807, 2.05) is 0 Å². The molecule has 2 aromatic rings. The van der Waals surface area contributed by atoms with Crippen molar-refractivity contribution in [2.45, 2.75) is 30.8 Å². The predicted octanol–water partition coefficient (Wildman–Crippen LogP) is 2.76. The van der Waals surface area contributed by atoms with Crippen molar-refractivity contribution in [2.75, 3.05) is 7.11 Å². The molecule has 168 valence electrons. The second-order valence-electron chi connectivity index (χ2n) is 6.73. The third kappa shape index (κ3) is 7.20. The molecule has 0 spiro atoms. The molecule has 2 rings (SSSR count). The van der Waals surface area contributed by atoms with Gasteiger partial charge in [0, 0.05) is 13.5 Å². The van der Waals surface area contributed by atoms with Crippen LogP contribution in [0.25, 0.3) is 0 Å². The van der Waals surface area contributed by atoms with Gasteiger partial charge in [-0.2, -0.15) is 13.2 Å². The molecule has 2 amide bonds. The summed E-state index contributed by atoms with van der Waals surface area (Å²) >= 11 is 0. The number of carbonyl (C=O) groups excluding carboxylic acids is 2. The first-order chi connectivity index (χ1) is 14.5. The Kier molecular flexibility index (Phi) is 8.38. The van der Waals surface area contributed by atoms with E-state index in [1.165, 1.54) is 0 Å². The number of primary amides is 1. The molecular weight excluding hydrogens is 434 g/mol. The third-order valence-electron chi connectivity index (χ3n) is 4.47. The molecule has 7 nitrogen and oxygen atoms in total. The van der Waals surface area contributed by atoms with Gasteiger partial charge in [-0.3, -0.25) is 14.2 Å². The maximum atomic E-state index is 13.5. The standard InChI is InChI=1S/C20H23F3N3O4P/c1-30-31(29,26-16(18(24)27)12-14-8-4-2-5-9-14)17(25-19(28)20(21,22)23)13-15-10-6-3-7-11-15/h2-11,16-17H,12-13H2,1H3,(H2,24,27)(H,25,28)(H,26,29)/t16-,17?,31?/m0/s1. The fourth-order valence-electron chi connectivity index (χ4n) is 2.87. The van der Waals surface area contributed by atoms with Crippen molar-refractivity contribution in [1.29, 1.82) is 0 Å². The quantitative estimate of drug-likeness (QED) is 0.476. The van der Waals surface area contributed by atoms with Gasteiger partial charge in [-0.05, 0) is 17.5 Å². The van der Waals surface area contributed by atoms with Gasteiger partial charge in [-0.1, -0.05) is 60.7 Å². The first-order valence-corrected chi connectivity index (χ1v) is 10.9. The van der Waals surface area contributed by atoms with Gasteiger partial charge in [0.15, 0.2) is 0 Å². The van der Waals surface area contributed by atoms with E-state index in [2.05, 4.69) is 5.09 Å². The molecular formula is C20H23F3N3O4P. The summed E-state index contributed by atoms with van der Waals surface area (Å²) in [5.74, 6) is -4.75. The monoisotopic (exact) mass is 457 g/mol. The van der Waals surface area contributed by atoms with Crippen LogP contribution in [-0.2, 0) is 31.5 Å². The molecule has 3 atom stereocenters. The number of nitrogens with one attached hydrogen (secondary N) is 2. The van der Waals surface area contributed by atoms with Crippen molar-refractivity contribution in [1.82, 2.24) is 10.4 Å². The minimum atomic E-state index is -5.19. The van der Waals surface area contributed by atoms with Gasteiger partial charge in [0.2, 0.25) is 5.91 Å². The highest BCUT2D eigenvalue weighted by Gasteiger charge is 2.45. The van der Waals surface area contributed by atoms with Gasteiger partial charge >= 0.3 is 12.1 Å². The van der Waals surface area contributed by atoms with Crippen LogP contribution in [0.5, 0.6) is 0 Å². The van der Waals surface area contributed by atoms with Crippen LogP contribution in [0.2, 0.25) is 0 Å². The third-order valence-corrected chi connectivity index (χ3v) is 6.82. The molecule has 2 aromatic carbocycles. The number of nitrogens with two attached hydrogens (primary N) is 1. The second-order valence-corrected chi connectivity index (χ2v) is 9.17. The average molecular weight is 457 g/mol. The molecule has 0 aliphatic rings. The lowest BCUT2D eigenvalue weighted by Crippen LogP contribution is -2.49. The second kappa shape index (κ2) is 10.6.